The number of nitrogens with two attached hydrogens (primary N) is 1. The van der Waals surface area contributed by atoms with Gasteiger partial charge in [-0.1, -0.05) is 12.1 Å². The fourth-order valence-corrected chi connectivity index (χ4v) is 1.36. The highest BCUT2D eigenvalue weighted by molar-refractivity contribution is 5.38. The van der Waals surface area contributed by atoms with E-state index in [0.717, 1.165) is 5.56 Å². The van der Waals surface area contributed by atoms with Gasteiger partial charge in [-0.05, 0) is 17.7 Å². The van der Waals surface area contributed by atoms with E-state index in [2.05, 4.69) is 21.5 Å². The molecule has 18 heavy (non-hydrogen) atoms. The second kappa shape index (κ2) is 5.61. The van der Waals surface area contributed by atoms with Crippen LogP contribution in [0.5, 0.6) is 11.6 Å². The van der Waals surface area contributed by atoms with Crippen LogP contribution in [0.2, 0.25) is 0 Å². The molecule has 0 aliphatic rings. The fourth-order valence-electron chi connectivity index (χ4n) is 1.36. The third-order valence-electron chi connectivity index (χ3n) is 2.22. The molecule has 0 saturated heterocycles. The zero-order chi connectivity index (χ0) is 12.8. The molecule has 0 aliphatic carbocycles. The summed E-state index contributed by atoms with van der Waals surface area (Å²) in [5.74, 6) is 6.74. The largest absolute Gasteiger partial charge is 0.439 e. The van der Waals surface area contributed by atoms with E-state index in [1.54, 1.807) is 18.2 Å². The molecule has 6 heteroatoms. The van der Waals surface area contributed by atoms with Gasteiger partial charge in [-0.25, -0.2) is 15.8 Å². The summed E-state index contributed by atoms with van der Waals surface area (Å²) in [7, 11) is 0. The highest BCUT2D eigenvalue weighted by Crippen LogP contribution is 2.20. The Bertz CT molecular complexity index is 561. The maximum absolute atomic E-state index is 8.56. The van der Waals surface area contributed by atoms with Crippen LogP contribution >= 0.6 is 0 Å². The van der Waals surface area contributed by atoms with E-state index in [0.29, 0.717) is 23.9 Å². The Labute approximate surface area is 104 Å². The van der Waals surface area contributed by atoms with E-state index in [-0.39, 0.29) is 0 Å². The summed E-state index contributed by atoms with van der Waals surface area (Å²) < 4.78 is 5.52. The number of hydrogen-bond donors (Lipinski definition) is 2. The van der Waals surface area contributed by atoms with Crippen LogP contribution in [0.3, 0.4) is 0 Å². The van der Waals surface area contributed by atoms with Crippen LogP contribution < -0.4 is 16.0 Å². The van der Waals surface area contributed by atoms with Crippen LogP contribution in [0.15, 0.2) is 36.7 Å². The average Bonchev–Trinajstić information content (AvgIpc) is 2.42. The molecule has 2 rings (SSSR count). The quantitative estimate of drug-likeness (QED) is 0.623. The van der Waals surface area contributed by atoms with Crippen molar-refractivity contribution in [3.8, 4) is 17.7 Å². The second-order valence-corrected chi connectivity index (χ2v) is 3.47. The topological polar surface area (TPSA) is 96.8 Å². The van der Waals surface area contributed by atoms with Gasteiger partial charge in [-0.15, -0.1) is 0 Å². The molecule has 3 N–H and O–H groups in total. The number of nitrogen functional groups attached to an aromatic ring is 1. The number of anilines is 1. The lowest BCUT2D eigenvalue weighted by Crippen LogP contribution is -2.08. The lowest BCUT2D eigenvalue weighted by molar-refractivity contribution is 0.461. The third-order valence-corrected chi connectivity index (χ3v) is 2.22. The number of hydrazine groups is 1. The van der Waals surface area contributed by atoms with Crippen LogP contribution in [-0.2, 0) is 6.42 Å². The molecule has 1 aromatic carbocycles. The molecule has 0 spiro atoms. The van der Waals surface area contributed by atoms with E-state index in [1.165, 1.54) is 6.33 Å². The molecule has 6 nitrogen and oxygen atoms in total. The maximum atomic E-state index is 8.56. The van der Waals surface area contributed by atoms with Gasteiger partial charge in [0.15, 0.2) is 0 Å². The van der Waals surface area contributed by atoms with Crippen molar-refractivity contribution >= 4 is 5.82 Å². The van der Waals surface area contributed by atoms with Crippen LogP contribution in [-0.4, -0.2) is 9.97 Å². The summed E-state index contributed by atoms with van der Waals surface area (Å²) in [5, 5.41) is 8.56. The van der Waals surface area contributed by atoms with Gasteiger partial charge >= 0.3 is 0 Å². The molecule has 1 heterocycles. The molecule has 0 atom stereocenters. The van der Waals surface area contributed by atoms with E-state index in [9.17, 15) is 0 Å². The molecule has 0 saturated carbocycles. The van der Waals surface area contributed by atoms with Gasteiger partial charge in [0.1, 0.15) is 17.9 Å². The Morgan fingerprint density at radius 1 is 1.28 bits per heavy atom. The molecular formula is C12H11N5O. The van der Waals surface area contributed by atoms with Gasteiger partial charge in [0.05, 0.1) is 12.5 Å². The van der Waals surface area contributed by atoms with Crippen molar-refractivity contribution in [3.05, 3.63) is 42.2 Å². The van der Waals surface area contributed by atoms with Crippen molar-refractivity contribution in [2.75, 3.05) is 5.43 Å². The maximum Gasteiger partial charge on any atom is 0.224 e. The van der Waals surface area contributed by atoms with Crippen molar-refractivity contribution in [1.29, 1.82) is 5.26 Å². The van der Waals surface area contributed by atoms with E-state index < -0.39 is 0 Å². The number of nitrogens with zero attached hydrogens (tertiary/aromatic N) is 3. The first-order valence-electron chi connectivity index (χ1n) is 5.24. The van der Waals surface area contributed by atoms with E-state index in [1.807, 2.05) is 12.1 Å². The van der Waals surface area contributed by atoms with Crippen LogP contribution in [0.1, 0.15) is 5.56 Å². The van der Waals surface area contributed by atoms with Gasteiger partial charge in [-0.2, -0.15) is 5.26 Å². The smallest absolute Gasteiger partial charge is 0.224 e. The molecule has 0 bridgehead atoms. The monoisotopic (exact) mass is 241 g/mol. The predicted molar refractivity (Wildman–Crippen MR) is 65.7 cm³/mol. The lowest BCUT2D eigenvalue weighted by atomic mass is 10.2. The average molecular weight is 241 g/mol. The third kappa shape index (κ3) is 2.93. The summed E-state index contributed by atoms with van der Waals surface area (Å²) in [4.78, 5) is 7.83. The van der Waals surface area contributed by atoms with Crippen molar-refractivity contribution in [2.24, 2.45) is 5.84 Å². The number of aromatic nitrogens is 2. The van der Waals surface area contributed by atoms with Gasteiger partial charge in [0.2, 0.25) is 5.88 Å². The minimum absolute atomic E-state index is 0.384. The van der Waals surface area contributed by atoms with E-state index in [4.69, 9.17) is 15.8 Å². The Morgan fingerprint density at radius 2 is 2.06 bits per heavy atom. The Morgan fingerprint density at radius 3 is 2.72 bits per heavy atom. The van der Waals surface area contributed by atoms with Gasteiger partial charge in [0.25, 0.3) is 0 Å². The van der Waals surface area contributed by atoms with Crippen molar-refractivity contribution in [1.82, 2.24) is 9.97 Å². The highest BCUT2D eigenvalue weighted by atomic mass is 16.5. The predicted octanol–water partition coefficient (Wildman–Crippen LogP) is 1.62. The molecule has 0 fully saturated rings. The van der Waals surface area contributed by atoms with Crippen LogP contribution in [0.25, 0.3) is 0 Å². The Kier molecular flexibility index (Phi) is 3.69. The van der Waals surface area contributed by atoms with Gasteiger partial charge in [-0.3, -0.25) is 0 Å². The fraction of sp³-hybridized carbons (Fsp3) is 0.0833. The Balaban J connectivity index is 2.11. The summed E-state index contributed by atoms with van der Waals surface area (Å²) in [6.45, 7) is 0. The van der Waals surface area contributed by atoms with Crippen molar-refractivity contribution in [3.63, 3.8) is 0 Å². The summed E-state index contributed by atoms with van der Waals surface area (Å²) in [6, 6.07) is 10.9. The van der Waals surface area contributed by atoms with E-state index >= 15 is 0 Å². The Hall–Kier alpha value is -2.65. The number of benzene rings is 1. The van der Waals surface area contributed by atoms with Crippen LogP contribution in [0, 0.1) is 11.3 Å². The number of nitriles is 1. The van der Waals surface area contributed by atoms with Crippen molar-refractivity contribution < 1.29 is 4.74 Å². The molecule has 0 unspecified atom stereocenters. The van der Waals surface area contributed by atoms with Gasteiger partial charge in [0, 0.05) is 6.07 Å². The summed E-state index contributed by atoms with van der Waals surface area (Å²) in [6.07, 6.45) is 1.74. The summed E-state index contributed by atoms with van der Waals surface area (Å²) in [5.41, 5.74) is 3.35. The zero-order valence-corrected chi connectivity index (χ0v) is 9.50. The molecular weight excluding hydrogens is 230 g/mol. The number of rotatable bonds is 4. The number of hydrogen-bond acceptors (Lipinski definition) is 6. The molecule has 2 aromatic rings. The molecule has 1 aromatic heterocycles. The lowest BCUT2D eigenvalue weighted by Gasteiger charge is -2.06. The molecule has 0 amide bonds. The first kappa shape index (κ1) is 11.8. The molecule has 90 valence electrons. The summed E-state index contributed by atoms with van der Waals surface area (Å²) >= 11 is 0. The SMILES string of the molecule is N#CCc1ccc(Oc2cc(NN)ncn2)cc1. The zero-order valence-electron chi connectivity index (χ0n) is 9.50. The normalized spacial score (nSPS) is 9.56. The molecule has 0 radical (unpaired) electrons. The highest BCUT2D eigenvalue weighted by Gasteiger charge is 2.01. The number of ether oxygens (including phenoxy) is 1. The minimum atomic E-state index is 0.384. The molecule has 0 aliphatic heterocycles. The first-order chi connectivity index (χ1) is 8.81. The minimum Gasteiger partial charge on any atom is -0.439 e. The first-order valence-corrected chi connectivity index (χ1v) is 5.24. The van der Waals surface area contributed by atoms with Crippen molar-refractivity contribution in [2.45, 2.75) is 6.42 Å². The van der Waals surface area contributed by atoms with Crippen LogP contribution in [0.4, 0.5) is 5.82 Å². The number of nitrogens with one attached hydrogen (secondary N) is 1. The second-order valence-electron chi connectivity index (χ2n) is 3.47. The van der Waals surface area contributed by atoms with Gasteiger partial charge < -0.3 is 10.2 Å². The standard InChI is InChI=1S/C12H11N5O/c13-6-5-9-1-3-10(4-2-9)18-12-7-11(17-14)15-8-16-12/h1-4,7-8H,5,14H2,(H,15,16,17).